The summed E-state index contributed by atoms with van der Waals surface area (Å²) < 4.78 is 1.66. The third-order valence-corrected chi connectivity index (χ3v) is 4.80. The van der Waals surface area contributed by atoms with E-state index < -0.39 is 11.9 Å². The first-order valence-electron chi connectivity index (χ1n) is 9.07. The summed E-state index contributed by atoms with van der Waals surface area (Å²) in [7, 11) is 0. The van der Waals surface area contributed by atoms with E-state index in [4.69, 9.17) is 11.5 Å². The highest BCUT2D eigenvalue weighted by Gasteiger charge is 2.19. The lowest BCUT2D eigenvalue weighted by Gasteiger charge is -2.10. The highest BCUT2D eigenvalue weighted by Crippen LogP contribution is 2.28. The molecule has 144 valence electrons. The molecule has 0 radical (unpaired) electrons. The maximum Gasteiger partial charge on any atom is 0.318 e. The van der Waals surface area contributed by atoms with E-state index in [-0.39, 0.29) is 24.8 Å². The molecule has 1 aromatic heterocycles. The van der Waals surface area contributed by atoms with Crippen LogP contribution in [0.15, 0.2) is 18.2 Å². The lowest BCUT2D eigenvalue weighted by atomic mass is 10.0. The fourth-order valence-electron chi connectivity index (χ4n) is 3.55. The number of benzene rings is 1. The molecule has 1 aliphatic rings. The maximum absolute atomic E-state index is 12.2. The Morgan fingerprint density at radius 3 is 2.56 bits per heavy atom. The van der Waals surface area contributed by atoms with Gasteiger partial charge < -0.3 is 21.4 Å². The van der Waals surface area contributed by atoms with E-state index >= 15 is 0 Å². The smallest absolute Gasteiger partial charge is 0.318 e. The highest BCUT2D eigenvalue weighted by atomic mass is 16.2. The molecular weight excluding hydrogens is 348 g/mol. The standard InChI is InChI=1S/C18H24N6O3/c19-15(25)7-8-24-14-6-5-12(10-13(14)22-18(24)23-17(20)27)21-16(26)9-11-3-1-2-4-11/h5-6,10-11H,1-4,7-9H2,(H2,19,25)(H,21,26)(H3,20,22,23,27). The van der Waals surface area contributed by atoms with Crippen LogP contribution in [0.4, 0.5) is 16.4 Å². The summed E-state index contributed by atoms with van der Waals surface area (Å²) in [5, 5.41) is 5.35. The summed E-state index contributed by atoms with van der Waals surface area (Å²) in [4.78, 5) is 38.9. The molecule has 27 heavy (non-hydrogen) atoms. The van der Waals surface area contributed by atoms with Crippen molar-refractivity contribution in [3.05, 3.63) is 18.2 Å². The van der Waals surface area contributed by atoms with Gasteiger partial charge in [0.05, 0.1) is 11.0 Å². The van der Waals surface area contributed by atoms with E-state index in [9.17, 15) is 14.4 Å². The summed E-state index contributed by atoms with van der Waals surface area (Å²) >= 11 is 0. The van der Waals surface area contributed by atoms with Crippen LogP contribution in [-0.4, -0.2) is 27.4 Å². The lowest BCUT2D eigenvalue weighted by Crippen LogP contribution is -2.23. The van der Waals surface area contributed by atoms with Crippen LogP contribution in [0.5, 0.6) is 0 Å². The predicted octanol–water partition coefficient (Wildman–Crippen LogP) is 1.92. The Morgan fingerprint density at radius 1 is 1.15 bits per heavy atom. The first-order chi connectivity index (χ1) is 12.9. The molecule has 6 N–H and O–H groups in total. The minimum Gasteiger partial charge on any atom is -0.370 e. The predicted molar refractivity (Wildman–Crippen MR) is 102 cm³/mol. The molecule has 0 atom stereocenters. The van der Waals surface area contributed by atoms with E-state index in [0.29, 0.717) is 29.1 Å². The van der Waals surface area contributed by atoms with Gasteiger partial charge in [-0.05, 0) is 37.0 Å². The number of anilines is 2. The molecule has 9 heteroatoms. The number of nitrogens with two attached hydrogens (primary N) is 2. The number of hydrogen-bond acceptors (Lipinski definition) is 4. The summed E-state index contributed by atoms with van der Waals surface area (Å²) in [6, 6.07) is 4.52. The zero-order valence-corrected chi connectivity index (χ0v) is 15.0. The quantitative estimate of drug-likeness (QED) is 0.588. The molecule has 1 aliphatic carbocycles. The number of nitrogens with zero attached hydrogens (tertiary/aromatic N) is 2. The van der Waals surface area contributed by atoms with Gasteiger partial charge in [-0.2, -0.15) is 0 Å². The van der Waals surface area contributed by atoms with E-state index in [2.05, 4.69) is 15.6 Å². The number of aryl methyl sites for hydroxylation is 1. The summed E-state index contributed by atoms with van der Waals surface area (Å²) in [6.07, 6.45) is 5.24. The van der Waals surface area contributed by atoms with Crippen LogP contribution in [0.1, 0.15) is 38.5 Å². The van der Waals surface area contributed by atoms with Crippen molar-refractivity contribution in [3.8, 4) is 0 Å². The second kappa shape index (κ2) is 8.07. The minimum absolute atomic E-state index is 0.00936. The molecule has 9 nitrogen and oxygen atoms in total. The number of carbonyl (C=O) groups excluding carboxylic acids is 3. The number of carbonyl (C=O) groups is 3. The van der Waals surface area contributed by atoms with E-state index in [0.717, 1.165) is 12.8 Å². The van der Waals surface area contributed by atoms with E-state index in [1.54, 1.807) is 22.8 Å². The van der Waals surface area contributed by atoms with Gasteiger partial charge in [-0.15, -0.1) is 0 Å². The van der Waals surface area contributed by atoms with Crippen LogP contribution in [-0.2, 0) is 16.1 Å². The topological polar surface area (TPSA) is 145 Å². The van der Waals surface area contributed by atoms with Crippen molar-refractivity contribution < 1.29 is 14.4 Å². The molecule has 0 saturated heterocycles. The Balaban J connectivity index is 1.80. The monoisotopic (exact) mass is 372 g/mol. The van der Waals surface area contributed by atoms with Gasteiger partial charge >= 0.3 is 6.03 Å². The Labute approximate surface area is 156 Å². The number of hydrogen-bond donors (Lipinski definition) is 4. The van der Waals surface area contributed by atoms with Crippen molar-refractivity contribution in [1.82, 2.24) is 9.55 Å². The third kappa shape index (κ3) is 4.75. The molecule has 1 fully saturated rings. The number of imidazole rings is 1. The van der Waals surface area contributed by atoms with Crippen molar-refractivity contribution in [2.75, 3.05) is 10.6 Å². The average Bonchev–Trinajstić information content (AvgIpc) is 3.19. The molecule has 0 aliphatic heterocycles. The molecular formula is C18H24N6O3. The van der Waals surface area contributed by atoms with Gasteiger partial charge in [0, 0.05) is 25.1 Å². The van der Waals surface area contributed by atoms with Crippen molar-refractivity contribution in [3.63, 3.8) is 0 Å². The minimum atomic E-state index is -0.754. The molecule has 1 heterocycles. The first-order valence-corrected chi connectivity index (χ1v) is 9.07. The second-order valence-electron chi connectivity index (χ2n) is 6.90. The average molecular weight is 372 g/mol. The largest absolute Gasteiger partial charge is 0.370 e. The van der Waals surface area contributed by atoms with Gasteiger partial charge in [0.1, 0.15) is 0 Å². The second-order valence-corrected chi connectivity index (χ2v) is 6.90. The lowest BCUT2D eigenvalue weighted by molar-refractivity contribution is -0.118. The molecule has 2 aromatic rings. The van der Waals surface area contributed by atoms with Gasteiger partial charge in [0.15, 0.2) is 0 Å². The molecule has 1 saturated carbocycles. The molecule has 3 rings (SSSR count). The number of aromatic nitrogens is 2. The van der Waals surface area contributed by atoms with E-state index in [1.165, 1.54) is 12.8 Å². The number of urea groups is 1. The van der Waals surface area contributed by atoms with Crippen LogP contribution in [0.25, 0.3) is 11.0 Å². The molecule has 4 amide bonds. The van der Waals surface area contributed by atoms with Gasteiger partial charge in [0.2, 0.25) is 17.8 Å². The Kier molecular flexibility index (Phi) is 5.58. The fraction of sp³-hybridized carbons (Fsp3) is 0.444. The molecule has 1 aromatic carbocycles. The number of nitrogens with one attached hydrogen (secondary N) is 2. The Bertz CT molecular complexity index is 869. The zero-order chi connectivity index (χ0) is 19.4. The Morgan fingerprint density at radius 2 is 1.89 bits per heavy atom. The van der Waals surface area contributed by atoms with Crippen molar-refractivity contribution >= 4 is 40.5 Å². The number of rotatable bonds is 7. The maximum atomic E-state index is 12.2. The van der Waals surface area contributed by atoms with Crippen LogP contribution < -0.4 is 22.1 Å². The van der Waals surface area contributed by atoms with Gasteiger partial charge in [-0.3, -0.25) is 14.9 Å². The summed E-state index contributed by atoms with van der Waals surface area (Å²) in [5.41, 5.74) is 12.3. The van der Waals surface area contributed by atoms with Crippen LogP contribution in [0.2, 0.25) is 0 Å². The fourth-order valence-corrected chi connectivity index (χ4v) is 3.55. The number of primary amides is 2. The summed E-state index contributed by atoms with van der Waals surface area (Å²) in [5.74, 6) is 0.226. The number of fused-ring (bicyclic) bond motifs is 1. The van der Waals surface area contributed by atoms with Crippen LogP contribution >= 0.6 is 0 Å². The Hall–Kier alpha value is -3.10. The number of amides is 4. The van der Waals surface area contributed by atoms with E-state index in [1.807, 2.05) is 0 Å². The SMILES string of the molecule is NC(=O)CCn1c(NC(N)=O)nc2cc(NC(=O)CC3CCCC3)ccc21. The first kappa shape index (κ1) is 18.7. The van der Waals surface area contributed by atoms with Crippen LogP contribution in [0.3, 0.4) is 0 Å². The van der Waals surface area contributed by atoms with Crippen molar-refractivity contribution in [2.45, 2.75) is 45.1 Å². The third-order valence-electron chi connectivity index (χ3n) is 4.80. The molecule has 0 unspecified atom stereocenters. The molecule has 0 bridgehead atoms. The van der Waals surface area contributed by atoms with Crippen LogP contribution in [0, 0.1) is 5.92 Å². The molecule has 0 spiro atoms. The normalized spacial score (nSPS) is 14.4. The summed E-state index contributed by atoms with van der Waals surface area (Å²) in [6.45, 7) is 0.259. The highest BCUT2D eigenvalue weighted by molar-refractivity contribution is 5.94. The van der Waals surface area contributed by atoms with Gasteiger partial charge in [-0.25, -0.2) is 9.78 Å². The van der Waals surface area contributed by atoms with Crippen molar-refractivity contribution in [1.29, 1.82) is 0 Å². The van der Waals surface area contributed by atoms with Gasteiger partial charge in [0.25, 0.3) is 0 Å². The van der Waals surface area contributed by atoms with Crippen molar-refractivity contribution in [2.24, 2.45) is 17.4 Å². The van der Waals surface area contributed by atoms with Gasteiger partial charge in [-0.1, -0.05) is 12.8 Å². The zero-order valence-electron chi connectivity index (χ0n) is 15.0.